The standard InChI is InChI=1S/C15H22N4S/c1-12-10-16-14(20-12)15(2)5-8-19(9-6-15)11-13-4-7-17-18(13)3/h4,7,10H,5-6,8-9,11H2,1-3H3. The second kappa shape index (κ2) is 5.30. The van der Waals surface area contributed by atoms with Crippen molar-refractivity contribution in [1.82, 2.24) is 19.7 Å². The molecular weight excluding hydrogens is 268 g/mol. The SMILES string of the molecule is Cc1cnc(C2(C)CCN(Cc3ccnn3C)CC2)s1. The molecule has 5 heteroatoms. The highest BCUT2D eigenvalue weighted by molar-refractivity contribution is 7.11. The fourth-order valence-electron chi connectivity index (χ4n) is 2.84. The van der Waals surface area contributed by atoms with E-state index >= 15 is 0 Å². The van der Waals surface area contributed by atoms with Gasteiger partial charge in [0.2, 0.25) is 0 Å². The van der Waals surface area contributed by atoms with Crippen LogP contribution in [0, 0.1) is 6.92 Å². The molecule has 1 fully saturated rings. The molecule has 1 saturated heterocycles. The molecule has 0 saturated carbocycles. The van der Waals surface area contributed by atoms with E-state index in [1.54, 1.807) is 0 Å². The van der Waals surface area contributed by atoms with Gasteiger partial charge in [0, 0.05) is 36.3 Å². The zero-order chi connectivity index (χ0) is 14.2. The molecule has 2 aromatic heterocycles. The number of hydrogen-bond donors (Lipinski definition) is 0. The van der Waals surface area contributed by atoms with Gasteiger partial charge in [0.1, 0.15) is 0 Å². The Bertz CT molecular complexity index is 578. The van der Waals surface area contributed by atoms with Crippen LogP contribution >= 0.6 is 11.3 Å². The zero-order valence-corrected chi connectivity index (χ0v) is 13.3. The van der Waals surface area contributed by atoms with Gasteiger partial charge in [0.05, 0.1) is 10.7 Å². The van der Waals surface area contributed by atoms with Crippen LogP contribution in [-0.4, -0.2) is 32.8 Å². The first kappa shape index (κ1) is 13.8. The van der Waals surface area contributed by atoms with E-state index < -0.39 is 0 Å². The van der Waals surface area contributed by atoms with Gasteiger partial charge in [-0.15, -0.1) is 11.3 Å². The predicted molar refractivity (Wildman–Crippen MR) is 81.9 cm³/mol. The summed E-state index contributed by atoms with van der Waals surface area (Å²) in [6.07, 6.45) is 6.27. The van der Waals surface area contributed by atoms with Crippen LogP contribution in [0.25, 0.3) is 0 Å². The first-order valence-corrected chi connectivity index (χ1v) is 8.01. The van der Waals surface area contributed by atoms with Gasteiger partial charge in [-0.1, -0.05) is 6.92 Å². The van der Waals surface area contributed by atoms with Gasteiger partial charge in [0.25, 0.3) is 0 Å². The molecule has 0 spiro atoms. The minimum absolute atomic E-state index is 0.266. The fourth-order valence-corrected chi connectivity index (χ4v) is 3.80. The molecule has 20 heavy (non-hydrogen) atoms. The molecule has 0 radical (unpaired) electrons. The molecule has 0 amide bonds. The van der Waals surface area contributed by atoms with Crippen molar-refractivity contribution in [3.05, 3.63) is 34.0 Å². The molecule has 3 heterocycles. The van der Waals surface area contributed by atoms with Crippen molar-refractivity contribution >= 4 is 11.3 Å². The molecule has 0 aromatic carbocycles. The van der Waals surface area contributed by atoms with E-state index in [0.29, 0.717) is 0 Å². The lowest BCUT2D eigenvalue weighted by Crippen LogP contribution is -2.40. The molecule has 0 aliphatic carbocycles. The summed E-state index contributed by atoms with van der Waals surface area (Å²) in [6, 6.07) is 2.11. The Hall–Kier alpha value is -1.20. The zero-order valence-electron chi connectivity index (χ0n) is 12.5. The van der Waals surface area contributed by atoms with E-state index in [2.05, 4.69) is 34.9 Å². The predicted octanol–water partition coefficient (Wildman–Crippen LogP) is 2.74. The van der Waals surface area contributed by atoms with E-state index in [4.69, 9.17) is 0 Å². The Balaban J connectivity index is 1.63. The lowest BCUT2D eigenvalue weighted by atomic mass is 9.81. The minimum atomic E-state index is 0.266. The summed E-state index contributed by atoms with van der Waals surface area (Å²) in [6.45, 7) is 7.79. The molecule has 1 aliphatic rings. The quantitative estimate of drug-likeness (QED) is 0.871. The third kappa shape index (κ3) is 2.65. The second-order valence-corrected chi connectivity index (χ2v) is 7.29. The van der Waals surface area contributed by atoms with Gasteiger partial charge in [-0.3, -0.25) is 9.58 Å². The number of aryl methyl sites for hydroxylation is 2. The van der Waals surface area contributed by atoms with Gasteiger partial charge in [-0.25, -0.2) is 4.98 Å². The van der Waals surface area contributed by atoms with Crippen molar-refractivity contribution in [1.29, 1.82) is 0 Å². The lowest BCUT2D eigenvalue weighted by molar-refractivity contribution is 0.159. The van der Waals surface area contributed by atoms with Crippen molar-refractivity contribution in [2.24, 2.45) is 7.05 Å². The maximum atomic E-state index is 4.61. The molecule has 1 aliphatic heterocycles. The normalized spacial score (nSPS) is 19.4. The second-order valence-electron chi connectivity index (χ2n) is 6.06. The molecule has 108 valence electrons. The minimum Gasteiger partial charge on any atom is -0.297 e. The molecule has 0 atom stereocenters. The van der Waals surface area contributed by atoms with Crippen LogP contribution in [0.15, 0.2) is 18.5 Å². The van der Waals surface area contributed by atoms with Crippen LogP contribution < -0.4 is 0 Å². The topological polar surface area (TPSA) is 34.0 Å². The molecule has 2 aromatic rings. The number of likely N-dealkylation sites (tertiary alicyclic amines) is 1. The van der Waals surface area contributed by atoms with E-state index in [0.717, 1.165) is 19.6 Å². The summed E-state index contributed by atoms with van der Waals surface area (Å²) in [4.78, 5) is 8.46. The Morgan fingerprint density at radius 2 is 2.10 bits per heavy atom. The van der Waals surface area contributed by atoms with Crippen molar-refractivity contribution in [2.45, 2.75) is 38.6 Å². The number of hydrogen-bond acceptors (Lipinski definition) is 4. The molecule has 0 bridgehead atoms. The molecular formula is C15H22N4S. The van der Waals surface area contributed by atoms with Crippen molar-refractivity contribution < 1.29 is 0 Å². The summed E-state index contributed by atoms with van der Waals surface area (Å²) < 4.78 is 1.97. The van der Waals surface area contributed by atoms with E-state index in [9.17, 15) is 0 Å². The maximum absolute atomic E-state index is 4.61. The third-order valence-electron chi connectivity index (χ3n) is 4.41. The Kier molecular flexibility index (Phi) is 3.65. The Labute approximate surface area is 124 Å². The lowest BCUT2D eigenvalue weighted by Gasteiger charge is -2.38. The third-order valence-corrected chi connectivity index (χ3v) is 5.62. The fraction of sp³-hybridized carbons (Fsp3) is 0.600. The van der Waals surface area contributed by atoms with Crippen LogP contribution in [0.4, 0.5) is 0 Å². The van der Waals surface area contributed by atoms with Crippen LogP contribution in [0.5, 0.6) is 0 Å². The van der Waals surface area contributed by atoms with Crippen molar-refractivity contribution in [3.8, 4) is 0 Å². The molecule has 4 nitrogen and oxygen atoms in total. The van der Waals surface area contributed by atoms with E-state index in [1.165, 1.54) is 28.4 Å². The van der Waals surface area contributed by atoms with Crippen molar-refractivity contribution in [2.75, 3.05) is 13.1 Å². The summed E-state index contributed by atoms with van der Waals surface area (Å²) in [7, 11) is 2.02. The van der Waals surface area contributed by atoms with Crippen LogP contribution in [-0.2, 0) is 19.0 Å². The number of nitrogens with zero attached hydrogens (tertiary/aromatic N) is 4. The Morgan fingerprint density at radius 1 is 1.35 bits per heavy atom. The van der Waals surface area contributed by atoms with Gasteiger partial charge in [0.15, 0.2) is 0 Å². The number of rotatable bonds is 3. The maximum Gasteiger partial charge on any atom is 0.0987 e. The molecule has 0 unspecified atom stereocenters. The smallest absolute Gasteiger partial charge is 0.0987 e. The summed E-state index contributed by atoms with van der Waals surface area (Å²) >= 11 is 1.86. The average molecular weight is 290 g/mol. The highest BCUT2D eigenvalue weighted by atomic mass is 32.1. The summed E-state index contributed by atoms with van der Waals surface area (Å²) in [5.74, 6) is 0. The van der Waals surface area contributed by atoms with E-state index in [-0.39, 0.29) is 5.41 Å². The molecule has 3 rings (SSSR count). The van der Waals surface area contributed by atoms with Crippen LogP contribution in [0.2, 0.25) is 0 Å². The van der Waals surface area contributed by atoms with Gasteiger partial charge < -0.3 is 0 Å². The first-order valence-electron chi connectivity index (χ1n) is 7.19. The highest BCUT2D eigenvalue weighted by Gasteiger charge is 2.34. The number of aromatic nitrogens is 3. The van der Waals surface area contributed by atoms with E-state index in [1.807, 2.05) is 35.5 Å². The van der Waals surface area contributed by atoms with Crippen LogP contribution in [0.3, 0.4) is 0 Å². The number of thiazole rings is 1. The van der Waals surface area contributed by atoms with Crippen molar-refractivity contribution in [3.63, 3.8) is 0 Å². The Morgan fingerprint density at radius 3 is 2.65 bits per heavy atom. The van der Waals surface area contributed by atoms with Crippen LogP contribution in [0.1, 0.15) is 35.3 Å². The van der Waals surface area contributed by atoms with Gasteiger partial charge in [-0.2, -0.15) is 5.10 Å². The summed E-state index contributed by atoms with van der Waals surface area (Å²) in [5.41, 5.74) is 1.56. The molecule has 0 N–H and O–H groups in total. The first-order chi connectivity index (χ1) is 9.57. The highest BCUT2D eigenvalue weighted by Crippen LogP contribution is 2.37. The van der Waals surface area contributed by atoms with Gasteiger partial charge in [-0.05, 0) is 38.9 Å². The number of piperidine rings is 1. The largest absolute Gasteiger partial charge is 0.297 e. The monoisotopic (exact) mass is 290 g/mol. The summed E-state index contributed by atoms with van der Waals surface area (Å²) in [5, 5.41) is 5.56. The average Bonchev–Trinajstić information content (AvgIpc) is 3.03. The van der Waals surface area contributed by atoms with Gasteiger partial charge >= 0.3 is 0 Å².